The van der Waals surface area contributed by atoms with Gasteiger partial charge < -0.3 is 5.73 Å². The third-order valence-electron chi connectivity index (χ3n) is 6.17. The molecule has 0 aromatic heterocycles. The lowest BCUT2D eigenvalue weighted by Gasteiger charge is -2.55. The number of amides is 1. The van der Waals surface area contributed by atoms with E-state index in [1.54, 1.807) is 0 Å². The SMILES string of the molecule is CC(=NNC(=O)C12CC3CC(CC(C3)C1)C2)c1ccc(N)cc1. The van der Waals surface area contributed by atoms with E-state index in [-0.39, 0.29) is 11.3 Å². The molecule has 0 spiro atoms. The maximum Gasteiger partial charge on any atom is 0.246 e. The molecule has 4 heteroatoms. The van der Waals surface area contributed by atoms with Crippen LogP contribution in [0.3, 0.4) is 0 Å². The number of carbonyl (C=O) groups excluding carboxylic acids is 1. The molecule has 4 aliphatic rings. The van der Waals surface area contributed by atoms with Crippen LogP contribution in [0.1, 0.15) is 51.0 Å². The molecule has 4 saturated carbocycles. The largest absolute Gasteiger partial charge is 0.399 e. The van der Waals surface area contributed by atoms with Crippen LogP contribution in [0.4, 0.5) is 5.69 Å². The van der Waals surface area contributed by atoms with Gasteiger partial charge in [-0.3, -0.25) is 4.79 Å². The van der Waals surface area contributed by atoms with E-state index in [0.717, 1.165) is 54.0 Å². The van der Waals surface area contributed by atoms with Crippen LogP contribution >= 0.6 is 0 Å². The molecule has 122 valence electrons. The number of hydrogen-bond donors (Lipinski definition) is 2. The summed E-state index contributed by atoms with van der Waals surface area (Å²) in [6, 6.07) is 7.58. The third kappa shape index (κ3) is 2.64. The van der Waals surface area contributed by atoms with Crippen molar-refractivity contribution in [2.75, 3.05) is 5.73 Å². The monoisotopic (exact) mass is 311 g/mol. The highest BCUT2D eigenvalue weighted by molar-refractivity contribution is 5.99. The number of anilines is 1. The molecule has 1 aromatic carbocycles. The molecule has 3 N–H and O–H groups in total. The van der Waals surface area contributed by atoms with Crippen LogP contribution in [0, 0.1) is 23.2 Å². The Morgan fingerprint density at radius 1 is 1.09 bits per heavy atom. The normalized spacial score (nSPS) is 35.3. The van der Waals surface area contributed by atoms with Crippen molar-refractivity contribution in [2.24, 2.45) is 28.3 Å². The molecule has 0 unspecified atom stereocenters. The zero-order chi connectivity index (χ0) is 16.0. The fraction of sp³-hybridized carbons (Fsp3) is 0.579. The summed E-state index contributed by atoms with van der Waals surface area (Å²) in [6.07, 6.45) is 7.25. The van der Waals surface area contributed by atoms with E-state index in [9.17, 15) is 4.79 Å². The Labute approximate surface area is 137 Å². The van der Waals surface area contributed by atoms with Crippen molar-refractivity contribution in [3.8, 4) is 0 Å². The number of rotatable bonds is 3. The molecule has 0 heterocycles. The Hall–Kier alpha value is -1.84. The number of hydrazone groups is 1. The first-order chi connectivity index (χ1) is 11.0. The first kappa shape index (κ1) is 14.7. The van der Waals surface area contributed by atoms with Gasteiger partial charge in [-0.05, 0) is 80.9 Å². The van der Waals surface area contributed by atoms with Crippen molar-refractivity contribution in [3.63, 3.8) is 0 Å². The van der Waals surface area contributed by atoms with E-state index in [1.807, 2.05) is 31.2 Å². The maximum atomic E-state index is 12.8. The molecule has 4 bridgehead atoms. The molecule has 1 aromatic rings. The number of nitrogens with one attached hydrogen (secondary N) is 1. The smallest absolute Gasteiger partial charge is 0.246 e. The van der Waals surface area contributed by atoms with E-state index in [1.165, 1.54) is 19.3 Å². The highest BCUT2D eigenvalue weighted by Gasteiger charge is 2.54. The van der Waals surface area contributed by atoms with Gasteiger partial charge in [-0.2, -0.15) is 5.10 Å². The summed E-state index contributed by atoms with van der Waals surface area (Å²) < 4.78 is 0. The van der Waals surface area contributed by atoms with Crippen molar-refractivity contribution < 1.29 is 4.79 Å². The maximum absolute atomic E-state index is 12.8. The van der Waals surface area contributed by atoms with Crippen molar-refractivity contribution in [1.82, 2.24) is 5.43 Å². The molecule has 4 fully saturated rings. The Balaban J connectivity index is 1.47. The number of nitrogens with two attached hydrogens (primary N) is 1. The van der Waals surface area contributed by atoms with Gasteiger partial charge in [0.05, 0.1) is 11.1 Å². The van der Waals surface area contributed by atoms with Crippen molar-refractivity contribution >= 4 is 17.3 Å². The molecule has 23 heavy (non-hydrogen) atoms. The van der Waals surface area contributed by atoms with Gasteiger partial charge in [-0.25, -0.2) is 5.43 Å². The minimum absolute atomic E-state index is 0.139. The quantitative estimate of drug-likeness (QED) is 0.511. The van der Waals surface area contributed by atoms with Crippen LogP contribution in [0.5, 0.6) is 0 Å². The zero-order valence-corrected chi connectivity index (χ0v) is 13.7. The van der Waals surface area contributed by atoms with Crippen LogP contribution in [-0.4, -0.2) is 11.6 Å². The average Bonchev–Trinajstić information content (AvgIpc) is 2.51. The second-order valence-electron chi connectivity index (χ2n) is 7.96. The number of carbonyl (C=O) groups is 1. The second kappa shape index (κ2) is 5.36. The zero-order valence-electron chi connectivity index (χ0n) is 13.7. The predicted octanol–water partition coefficient (Wildman–Crippen LogP) is 3.33. The molecule has 0 radical (unpaired) electrons. The van der Waals surface area contributed by atoms with Crippen LogP contribution in [-0.2, 0) is 4.79 Å². The molecular weight excluding hydrogens is 286 g/mol. The minimum atomic E-state index is -0.139. The first-order valence-electron chi connectivity index (χ1n) is 8.75. The van der Waals surface area contributed by atoms with Gasteiger partial charge in [0.1, 0.15) is 0 Å². The Kier molecular flexibility index (Phi) is 3.43. The molecule has 4 nitrogen and oxygen atoms in total. The number of benzene rings is 1. The lowest BCUT2D eigenvalue weighted by atomic mass is 9.49. The summed E-state index contributed by atoms with van der Waals surface area (Å²) >= 11 is 0. The summed E-state index contributed by atoms with van der Waals surface area (Å²) in [7, 11) is 0. The third-order valence-corrected chi connectivity index (χ3v) is 6.17. The van der Waals surface area contributed by atoms with Gasteiger partial charge >= 0.3 is 0 Å². The average molecular weight is 311 g/mol. The van der Waals surface area contributed by atoms with Crippen LogP contribution in [0.25, 0.3) is 0 Å². The van der Waals surface area contributed by atoms with Crippen LogP contribution in [0.15, 0.2) is 29.4 Å². The Morgan fingerprint density at radius 2 is 1.61 bits per heavy atom. The fourth-order valence-electron chi connectivity index (χ4n) is 5.43. The molecule has 0 saturated heterocycles. The topological polar surface area (TPSA) is 67.5 Å². The minimum Gasteiger partial charge on any atom is -0.399 e. The standard InChI is InChI=1S/C19H25N3O/c1-12(16-2-4-17(20)5-3-16)21-22-18(23)19-9-13-6-14(10-19)8-15(7-13)11-19/h2-5,13-15H,6-11,20H2,1H3,(H,22,23). The summed E-state index contributed by atoms with van der Waals surface area (Å²) in [6.45, 7) is 1.92. The lowest BCUT2D eigenvalue weighted by Crippen LogP contribution is -2.52. The molecule has 0 aliphatic heterocycles. The second-order valence-corrected chi connectivity index (χ2v) is 7.96. The van der Waals surface area contributed by atoms with Crippen LogP contribution in [0.2, 0.25) is 0 Å². The molecule has 1 amide bonds. The highest BCUT2D eigenvalue weighted by Crippen LogP contribution is 2.60. The number of nitrogen functional groups attached to an aromatic ring is 1. The van der Waals surface area contributed by atoms with Crippen molar-refractivity contribution in [2.45, 2.75) is 45.4 Å². The van der Waals surface area contributed by atoms with Crippen LogP contribution < -0.4 is 11.2 Å². The van der Waals surface area contributed by atoms with E-state index < -0.39 is 0 Å². The van der Waals surface area contributed by atoms with Gasteiger partial charge in [0.25, 0.3) is 0 Å². The molecule has 5 rings (SSSR count). The Morgan fingerprint density at radius 3 is 2.13 bits per heavy atom. The highest BCUT2D eigenvalue weighted by atomic mass is 16.2. The summed E-state index contributed by atoms with van der Waals surface area (Å²) in [5, 5.41) is 4.36. The summed E-state index contributed by atoms with van der Waals surface area (Å²) in [4.78, 5) is 12.8. The van der Waals surface area contributed by atoms with Gasteiger partial charge in [-0.15, -0.1) is 0 Å². The summed E-state index contributed by atoms with van der Waals surface area (Å²) in [5.41, 5.74) is 11.0. The van der Waals surface area contributed by atoms with Gasteiger partial charge in [0.15, 0.2) is 0 Å². The number of nitrogens with zero attached hydrogens (tertiary/aromatic N) is 1. The fourth-order valence-corrected chi connectivity index (χ4v) is 5.43. The molecule has 0 atom stereocenters. The molecule has 4 aliphatic carbocycles. The van der Waals surface area contributed by atoms with Gasteiger partial charge in [0.2, 0.25) is 5.91 Å². The van der Waals surface area contributed by atoms with E-state index in [4.69, 9.17) is 5.73 Å². The van der Waals surface area contributed by atoms with Gasteiger partial charge in [-0.1, -0.05) is 12.1 Å². The number of hydrogen-bond acceptors (Lipinski definition) is 3. The summed E-state index contributed by atoms with van der Waals surface area (Å²) in [5.74, 6) is 2.46. The lowest BCUT2D eigenvalue weighted by molar-refractivity contribution is -0.146. The van der Waals surface area contributed by atoms with Gasteiger partial charge in [0, 0.05) is 5.69 Å². The molecular formula is C19H25N3O. The van der Waals surface area contributed by atoms with E-state index >= 15 is 0 Å². The Bertz CT molecular complexity index is 612. The van der Waals surface area contributed by atoms with E-state index in [2.05, 4.69) is 10.5 Å². The van der Waals surface area contributed by atoms with E-state index in [0.29, 0.717) is 0 Å². The van der Waals surface area contributed by atoms with Crippen molar-refractivity contribution in [3.05, 3.63) is 29.8 Å². The van der Waals surface area contributed by atoms with Crippen molar-refractivity contribution in [1.29, 1.82) is 0 Å². The first-order valence-corrected chi connectivity index (χ1v) is 8.75. The predicted molar refractivity (Wildman–Crippen MR) is 91.8 cm³/mol.